The quantitative estimate of drug-likeness (QED) is 0.909. The van der Waals surface area contributed by atoms with E-state index in [1.54, 1.807) is 0 Å². The highest BCUT2D eigenvalue weighted by molar-refractivity contribution is 9.10. The van der Waals surface area contributed by atoms with Crippen molar-refractivity contribution in [2.45, 2.75) is 31.2 Å². The average Bonchev–Trinajstić information content (AvgIpc) is 2.37. The van der Waals surface area contributed by atoms with E-state index in [-0.39, 0.29) is 11.9 Å². The second kappa shape index (κ2) is 6.57. The highest BCUT2D eigenvalue weighted by Crippen LogP contribution is 2.33. The summed E-state index contributed by atoms with van der Waals surface area (Å²) >= 11 is 5.27. The lowest BCUT2D eigenvalue weighted by Gasteiger charge is -2.42. The molecule has 0 radical (unpaired) electrons. The van der Waals surface area contributed by atoms with Gasteiger partial charge >= 0.3 is 0 Å². The predicted octanol–water partition coefficient (Wildman–Crippen LogP) is 3.41. The molecule has 19 heavy (non-hydrogen) atoms. The molecule has 2 nitrogen and oxygen atoms in total. The Morgan fingerprint density at radius 3 is 2.89 bits per heavy atom. The van der Waals surface area contributed by atoms with Crippen LogP contribution in [0.5, 0.6) is 0 Å². The summed E-state index contributed by atoms with van der Waals surface area (Å²) in [5, 5.41) is 0.557. The Balaban J connectivity index is 2.28. The van der Waals surface area contributed by atoms with Crippen LogP contribution in [-0.2, 0) is 0 Å². The average molecular weight is 347 g/mol. The molecule has 3 unspecified atom stereocenters. The second-order valence-corrected chi connectivity index (χ2v) is 7.37. The van der Waals surface area contributed by atoms with Crippen LogP contribution >= 0.6 is 27.7 Å². The van der Waals surface area contributed by atoms with E-state index in [4.69, 9.17) is 5.73 Å². The van der Waals surface area contributed by atoms with Gasteiger partial charge in [0.25, 0.3) is 0 Å². The molecule has 1 aliphatic heterocycles. The summed E-state index contributed by atoms with van der Waals surface area (Å²) in [6, 6.07) is 5.62. The lowest BCUT2D eigenvalue weighted by atomic mass is 10.0. The molecule has 0 saturated carbocycles. The number of nitrogens with zero attached hydrogens (tertiary/aromatic N) is 1. The third-order valence-corrected chi connectivity index (χ3v) is 5.71. The van der Waals surface area contributed by atoms with Gasteiger partial charge in [-0.25, -0.2) is 4.39 Å². The Kier molecular flexibility index (Phi) is 5.29. The first kappa shape index (κ1) is 15.3. The molecule has 0 aliphatic carbocycles. The van der Waals surface area contributed by atoms with Crippen LogP contribution in [-0.4, -0.2) is 35.0 Å². The van der Waals surface area contributed by atoms with Gasteiger partial charge < -0.3 is 5.73 Å². The van der Waals surface area contributed by atoms with Crippen LogP contribution in [0.25, 0.3) is 0 Å². The summed E-state index contributed by atoms with van der Waals surface area (Å²) < 4.78 is 14.9. The summed E-state index contributed by atoms with van der Waals surface area (Å²) in [7, 11) is 0. The lowest BCUT2D eigenvalue weighted by Crippen LogP contribution is -2.48. The van der Waals surface area contributed by atoms with Gasteiger partial charge in [-0.15, -0.1) is 0 Å². The molecule has 0 amide bonds. The zero-order chi connectivity index (χ0) is 14.0. The van der Waals surface area contributed by atoms with Gasteiger partial charge in [0.2, 0.25) is 0 Å². The van der Waals surface area contributed by atoms with Gasteiger partial charge in [0.15, 0.2) is 0 Å². The van der Waals surface area contributed by atoms with E-state index in [0.29, 0.717) is 23.4 Å². The third kappa shape index (κ3) is 3.32. The van der Waals surface area contributed by atoms with Crippen LogP contribution in [0.1, 0.15) is 25.5 Å². The van der Waals surface area contributed by atoms with Crippen molar-refractivity contribution in [1.82, 2.24) is 4.90 Å². The molecule has 0 bridgehead atoms. The number of hydrogen-bond acceptors (Lipinski definition) is 3. The van der Waals surface area contributed by atoms with Crippen LogP contribution in [0.4, 0.5) is 4.39 Å². The fraction of sp³-hybridized carbons (Fsp3) is 0.571. The van der Waals surface area contributed by atoms with Crippen molar-refractivity contribution >= 4 is 27.7 Å². The first-order valence-electron chi connectivity index (χ1n) is 6.57. The Bertz CT molecular complexity index is 443. The van der Waals surface area contributed by atoms with E-state index in [0.717, 1.165) is 16.8 Å². The van der Waals surface area contributed by atoms with Crippen molar-refractivity contribution in [3.8, 4) is 0 Å². The van der Waals surface area contributed by atoms with Crippen molar-refractivity contribution in [2.75, 3.05) is 18.8 Å². The largest absolute Gasteiger partial charge is 0.329 e. The van der Waals surface area contributed by atoms with Gasteiger partial charge in [0.05, 0.1) is 6.04 Å². The molecule has 1 saturated heterocycles. The fourth-order valence-electron chi connectivity index (χ4n) is 2.61. The lowest BCUT2D eigenvalue weighted by molar-refractivity contribution is 0.148. The van der Waals surface area contributed by atoms with Gasteiger partial charge in [0, 0.05) is 40.2 Å². The zero-order valence-electron chi connectivity index (χ0n) is 11.3. The molecule has 5 heteroatoms. The summed E-state index contributed by atoms with van der Waals surface area (Å²) in [5.41, 5.74) is 6.63. The molecule has 2 N–H and O–H groups in total. The van der Waals surface area contributed by atoms with E-state index in [1.165, 1.54) is 6.07 Å². The van der Waals surface area contributed by atoms with Crippen LogP contribution in [0, 0.1) is 5.82 Å². The Labute approximate surface area is 127 Å². The fourth-order valence-corrected chi connectivity index (χ4v) is 4.06. The summed E-state index contributed by atoms with van der Waals surface area (Å²) in [6.07, 6.45) is 0. The molecular weight excluding hydrogens is 327 g/mol. The van der Waals surface area contributed by atoms with E-state index >= 15 is 0 Å². The maximum absolute atomic E-state index is 14.1. The second-order valence-electron chi connectivity index (χ2n) is 4.97. The molecule has 0 aromatic heterocycles. The first-order chi connectivity index (χ1) is 9.04. The van der Waals surface area contributed by atoms with Crippen molar-refractivity contribution in [1.29, 1.82) is 0 Å². The van der Waals surface area contributed by atoms with E-state index in [2.05, 4.69) is 34.7 Å². The van der Waals surface area contributed by atoms with Crippen LogP contribution < -0.4 is 5.73 Å². The predicted molar refractivity (Wildman–Crippen MR) is 84.0 cm³/mol. The highest BCUT2D eigenvalue weighted by atomic mass is 79.9. The van der Waals surface area contributed by atoms with Crippen molar-refractivity contribution in [3.05, 3.63) is 34.1 Å². The number of hydrogen-bond donors (Lipinski definition) is 1. The SMILES string of the molecule is CC1SCCN(C(CN)c2ccc(Br)cc2F)C1C. The van der Waals surface area contributed by atoms with Crippen molar-refractivity contribution < 1.29 is 4.39 Å². The minimum atomic E-state index is -0.178. The van der Waals surface area contributed by atoms with Crippen molar-refractivity contribution in [3.63, 3.8) is 0 Å². The van der Waals surface area contributed by atoms with Crippen LogP contribution in [0.3, 0.4) is 0 Å². The minimum absolute atomic E-state index is 0.0357. The standard InChI is InChI=1S/C14H20BrFN2S/c1-9-10(2)19-6-5-18(9)14(8-17)12-4-3-11(15)7-13(12)16/h3-4,7,9-10,14H,5-6,8,17H2,1-2H3. The molecule has 2 rings (SSSR count). The van der Waals surface area contributed by atoms with E-state index in [1.807, 2.05) is 23.9 Å². The normalized spacial score (nSPS) is 26.4. The number of benzene rings is 1. The number of halogens is 2. The van der Waals surface area contributed by atoms with E-state index < -0.39 is 0 Å². The first-order valence-corrected chi connectivity index (χ1v) is 8.41. The van der Waals surface area contributed by atoms with Gasteiger partial charge in [-0.1, -0.05) is 28.9 Å². The summed E-state index contributed by atoms with van der Waals surface area (Å²) in [5.74, 6) is 0.906. The molecule has 1 fully saturated rings. The van der Waals surface area contributed by atoms with Gasteiger partial charge in [0.1, 0.15) is 5.82 Å². The summed E-state index contributed by atoms with van der Waals surface area (Å²) in [6.45, 7) is 5.84. The molecule has 106 valence electrons. The van der Waals surface area contributed by atoms with Gasteiger partial charge in [-0.3, -0.25) is 4.90 Å². The number of thioether (sulfide) groups is 1. The van der Waals surface area contributed by atoms with Crippen molar-refractivity contribution in [2.24, 2.45) is 5.73 Å². The molecule has 0 spiro atoms. The molecule has 1 aromatic carbocycles. The zero-order valence-corrected chi connectivity index (χ0v) is 13.7. The summed E-state index contributed by atoms with van der Waals surface area (Å²) in [4.78, 5) is 2.34. The molecular formula is C14H20BrFN2S. The van der Waals surface area contributed by atoms with Gasteiger partial charge in [-0.05, 0) is 19.1 Å². The maximum Gasteiger partial charge on any atom is 0.129 e. The molecule has 3 atom stereocenters. The Hall–Kier alpha value is -0.100. The monoisotopic (exact) mass is 346 g/mol. The smallest absolute Gasteiger partial charge is 0.129 e. The Morgan fingerprint density at radius 2 is 2.26 bits per heavy atom. The molecule has 1 aliphatic rings. The molecule has 1 heterocycles. The molecule has 1 aromatic rings. The Morgan fingerprint density at radius 1 is 1.53 bits per heavy atom. The highest BCUT2D eigenvalue weighted by Gasteiger charge is 2.31. The van der Waals surface area contributed by atoms with Crippen LogP contribution in [0.15, 0.2) is 22.7 Å². The number of rotatable bonds is 3. The van der Waals surface area contributed by atoms with Crippen LogP contribution in [0.2, 0.25) is 0 Å². The maximum atomic E-state index is 14.1. The van der Waals surface area contributed by atoms with E-state index in [9.17, 15) is 4.39 Å². The third-order valence-electron chi connectivity index (χ3n) is 3.88. The minimum Gasteiger partial charge on any atom is -0.329 e. The topological polar surface area (TPSA) is 29.3 Å². The number of nitrogens with two attached hydrogens (primary N) is 1. The van der Waals surface area contributed by atoms with Gasteiger partial charge in [-0.2, -0.15) is 11.8 Å².